The highest BCUT2D eigenvalue weighted by Crippen LogP contribution is 2.42. The maximum Gasteiger partial charge on any atom is 0.336 e. The predicted molar refractivity (Wildman–Crippen MR) is 80.8 cm³/mol. The number of carbonyl (C=O) groups is 1. The van der Waals surface area contributed by atoms with Crippen LogP contribution in [-0.2, 0) is 17.6 Å². The molecular formula is C17H17O6-. The van der Waals surface area contributed by atoms with Crippen molar-refractivity contribution >= 4 is 16.9 Å². The first-order valence-corrected chi connectivity index (χ1v) is 7.36. The van der Waals surface area contributed by atoms with Crippen LogP contribution in [-0.4, -0.2) is 18.7 Å². The third-order valence-electron chi connectivity index (χ3n) is 4.04. The van der Waals surface area contributed by atoms with E-state index in [1.807, 2.05) is 13.8 Å². The van der Waals surface area contributed by atoms with E-state index in [0.717, 1.165) is 12.0 Å². The summed E-state index contributed by atoms with van der Waals surface area (Å²) in [6, 6.07) is 2.89. The van der Waals surface area contributed by atoms with Crippen molar-refractivity contribution < 1.29 is 23.8 Å². The van der Waals surface area contributed by atoms with Crippen LogP contribution in [0.5, 0.6) is 11.5 Å². The smallest absolute Gasteiger partial charge is 0.336 e. The van der Waals surface area contributed by atoms with Gasteiger partial charge in [-0.15, -0.1) is 0 Å². The molecule has 0 bridgehead atoms. The monoisotopic (exact) mass is 317 g/mol. The summed E-state index contributed by atoms with van der Waals surface area (Å²) in [4.78, 5) is 22.8. The highest BCUT2D eigenvalue weighted by Gasteiger charge is 2.30. The number of fused-ring (bicyclic) bond motifs is 3. The van der Waals surface area contributed by atoms with Gasteiger partial charge in [-0.05, 0) is 32.3 Å². The molecule has 2 aromatic rings. The first kappa shape index (κ1) is 15.4. The number of aryl methyl sites for hydroxylation is 1. The molecule has 1 aliphatic heterocycles. The average molecular weight is 317 g/mol. The second-order valence-electron chi connectivity index (χ2n) is 6.26. The third kappa shape index (κ3) is 2.76. The summed E-state index contributed by atoms with van der Waals surface area (Å²) in [6.07, 6.45) is 1.04. The standard InChI is InChI=1S/C17H18O6/c1-17(2)5-4-10-11(23-17)8-12(21-3)15-9(6-13(18)19)7-14(20)22-16(10)15/h7-8H,4-6H2,1-3H3,(H,18,19)/p-1. The van der Waals surface area contributed by atoms with Crippen LogP contribution in [0, 0.1) is 0 Å². The number of hydrogen-bond acceptors (Lipinski definition) is 6. The van der Waals surface area contributed by atoms with E-state index in [1.165, 1.54) is 13.2 Å². The van der Waals surface area contributed by atoms with Gasteiger partial charge in [-0.25, -0.2) is 4.79 Å². The van der Waals surface area contributed by atoms with Crippen molar-refractivity contribution in [3.05, 3.63) is 33.7 Å². The molecule has 0 aliphatic carbocycles. The molecule has 0 saturated carbocycles. The fraction of sp³-hybridized carbons (Fsp3) is 0.412. The number of carbonyl (C=O) groups excluding carboxylic acids is 1. The summed E-state index contributed by atoms with van der Waals surface area (Å²) in [5, 5.41) is 11.5. The van der Waals surface area contributed by atoms with Crippen molar-refractivity contribution in [3.63, 3.8) is 0 Å². The summed E-state index contributed by atoms with van der Waals surface area (Å²) in [7, 11) is 1.48. The number of hydrogen-bond donors (Lipinski definition) is 0. The van der Waals surface area contributed by atoms with Crippen LogP contribution < -0.4 is 20.2 Å². The number of benzene rings is 1. The molecule has 0 amide bonds. The second kappa shape index (κ2) is 5.30. The van der Waals surface area contributed by atoms with Crippen LogP contribution >= 0.6 is 0 Å². The van der Waals surface area contributed by atoms with Gasteiger partial charge < -0.3 is 23.8 Å². The van der Waals surface area contributed by atoms with Gasteiger partial charge in [-0.1, -0.05) is 0 Å². The molecule has 2 heterocycles. The lowest BCUT2D eigenvalue weighted by molar-refractivity contribution is -0.304. The van der Waals surface area contributed by atoms with Gasteiger partial charge in [-0.3, -0.25) is 0 Å². The molecule has 0 unspecified atom stereocenters. The van der Waals surface area contributed by atoms with Crippen molar-refractivity contribution in [1.82, 2.24) is 0 Å². The number of ether oxygens (including phenoxy) is 2. The van der Waals surface area contributed by atoms with E-state index >= 15 is 0 Å². The van der Waals surface area contributed by atoms with Gasteiger partial charge in [0.25, 0.3) is 0 Å². The van der Waals surface area contributed by atoms with Crippen LogP contribution in [0.25, 0.3) is 11.0 Å². The molecule has 1 aromatic carbocycles. The van der Waals surface area contributed by atoms with Gasteiger partial charge in [0.15, 0.2) is 0 Å². The van der Waals surface area contributed by atoms with E-state index in [9.17, 15) is 14.7 Å². The van der Waals surface area contributed by atoms with Gasteiger partial charge in [0.1, 0.15) is 22.7 Å². The average Bonchev–Trinajstić information content (AvgIpc) is 2.43. The van der Waals surface area contributed by atoms with Crippen LogP contribution in [0.1, 0.15) is 31.4 Å². The molecule has 0 N–H and O–H groups in total. The SMILES string of the molecule is COc1cc2c(c3oc(=O)cc(CC(=O)[O-])c13)CCC(C)(C)O2. The zero-order chi connectivity index (χ0) is 16.8. The normalized spacial score (nSPS) is 15.8. The summed E-state index contributed by atoms with van der Waals surface area (Å²) < 4.78 is 16.7. The van der Waals surface area contributed by atoms with E-state index in [1.54, 1.807) is 6.07 Å². The van der Waals surface area contributed by atoms with E-state index in [-0.39, 0.29) is 12.0 Å². The number of methoxy groups -OCH3 is 1. The minimum atomic E-state index is -1.27. The molecule has 0 spiro atoms. The van der Waals surface area contributed by atoms with Crippen LogP contribution in [0.15, 0.2) is 21.3 Å². The zero-order valence-electron chi connectivity index (χ0n) is 13.2. The molecule has 0 atom stereocenters. The maximum atomic E-state index is 11.8. The summed E-state index contributed by atoms with van der Waals surface area (Å²) in [5.41, 5.74) is 0.486. The summed E-state index contributed by atoms with van der Waals surface area (Å²) >= 11 is 0. The fourth-order valence-electron chi connectivity index (χ4n) is 2.97. The lowest BCUT2D eigenvalue weighted by Crippen LogP contribution is -2.32. The number of carboxylic acids is 1. The van der Waals surface area contributed by atoms with Gasteiger partial charge in [0.2, 0.25) is 0 Å². The molecular weight excluding hydrogens is 300 g/mol. The number of carboxylic acid groups (broad SMARTS) is 1. The van der Waals surface area contributed by atoms with E-state index in [4.69, 9.17) is 13.9 Å². The van der Waals surface area contributed by atoms with Crippen LogP contribution in [0.2, 0.25) is 0 Å². The maximum absolute atomic E-state index is 11.8. The molecule has 23 heavy (non-hydrogen) atoms. The summed E-state index contributed by atoms with van der Waals surface area (Å²) in [5.74, 6) is -0.259. The Morgan fingerprint density at radius 2 is 2.13 bits per heavy atom. The van der Waals surface area contributed by atoms with Crippen molar-refractivity contribution in [2.45, 2.75) is 38.7 Å². The first-order chi connectivity index (χ1) is 10.8. The van der Waals surface area contributed by atoms with Crippen molar-refractivity contribution in [2.24, 2.45) is 0 Å². The molecule has 122 valence electrons. The Bertz CT molecular complexity index is 846. The Morgan fingerprint density at radius 3 is 2.78 bits per heavy atom. The predicted octanol–water partition coefficient (Wildman–Crippen LogP) is 1.20. The molecule has 1 aliphatic rings. The Balaban J connectivity index is 2.34. The molecule has 0 radical (unpaired) electrons. The summed E-state index contributed by atoms with van der Waals surface area (Å²) in [6.45, 7) is 3.96. The van der Waals surface area contributed by atoms with E-state index < -0.39 is 11.6 Å². The topological polar surface area (TPSA) is 88.8 Å². The van der Waals surface area contributed by atoms with Crippen LogP contribution in [0.4, 0.5) is 0 Å². The molecule has 6 nitrogen and oxygen atoms in total. The molecule has 6 heteroatoms. The molecule has 0 saturated heterocycles. The van der Waals surface area contributed by atoms with E-state index in [0.29, 0.717) is 34.5 Å². The third-order valence-corrected chi connectivity index (χ3v) is 4.04. The Labute approximate surface area is 132 Å². The van der Waals surface area contributed by atoms with Crippen molar-refractivity contribution in [3.8, 4) is 11.5 Å². The van der Waals surface area contributed by atoms with Gasteiger partial charge in [0.05, 0.1) is 12.5 Å². The largest absolute Gasteiger partial charge is 0.550 e. The van der Waals surface area contributed by atoms with Crippen molar-refractivity contribution in [1.29, 1.82) is 0 Å². The quantitative estimate of drug-likeness (QED) is 0.790. The number of rotatable bonds is 3. The minimum absolute atomic E-state index is 0.320. The minimum Gasteiger partial charge on any atom is -0.550 e. The van der Waals surface area contributed by atoms with Crippen molar-refractivity contribution in [2.75, 3.05) is 7.11 Å². The van der Waals surface area contributed by atoms with Gasteiger partial charge >= 0.3 is 5.63 Å². The Hall–Kier alpha value is -2.50. The highest BCUT2D eigenvalue weighted by molar-refractivity contribution is 5.93. The van der Waals surface area contributed by atoms with E-state index in [2.05, 4.69) is 0 Å². The van der Waals surface area contributed by atoms with Crippen LogP contribution in [0.3, 0.4) is 0 Å². The fourth-order valence-corrected chi connectivity index (χ4v) is 2.97. The number of aliphatic carboxylic acids is 1. The highest BCUT2D eigenvalue weighted by atomic mass is 16.5. The molecule has 1 aromatic heterocycles. The zero-order valence-corrected chi connectivity index (χ0v) is 13.2. The molecule has 0 fully saturated rings. The lowest BCUT2D eigenvalue weighted by atomic mass is 9.92. The Morgan fingerprint density at radius 1 is 1.39 bits per heavy atom. The first-order valence-electron chi connectivity index (χ1n) is 7.36. The second-order valence-corrected chi connectivity index (χ2v) is 6.26. The molecule has 3 rings (SSSR count). The lowest BCUT2D eigenvalue weighted by Gasteiger charge is -2.33. The van der Waals surface area contributed by atoms with Gasteiger partial charge in [0, 0.05) is 30.1 Å². The van der Waals surface area contributed by atoms with Gasteiger partial charge in [-0.2, -0.15) is 0 Å². The Kier molecular flexibility index (Phi) is 3.55.